The van der Waals surface area contributed by atoms with Crippen LogP contribution in [0.15, 0.2) is 32.9 Å². The number of aromatic nitrogens is 3. The summed E-state index contributed by atoms with van der Waals surface area (Å²) in [4.78, 5) is 4.18. The summed E-state index contributed by atoms with van der Waals surface area (Å²) in [7, 11) is 0. The average molecular weight is 267 g/mol. The fourth-order valence-corrected chi connectivity index (χ4v) is 2.95. The molecule has 0 spiro atoms. The predicted octanol–water partition coefficient (Wildman–Crippen LogP) is 1.49. The van der Waals surface area contributed by atoms with Crippen LogP contribution in [-0.4, -0.2) is 26.2 Å². The minimum atomic E-state index is 0.0295. The summed E-state index contributed by atoms with van der Waals surface area (Å²) in [5, 5.41) is 21.1. The molecular weight excluding hydrogens is 258 g/mol. The molecule has 2 rings (SSSR count). The third-order valence-corrected chi connectivity index (χ3v) is 3.75. The maximum atomic E-state index is 8.68. The van der Waals surface area contributed by atoms with Gasteiger partial charge < -0.3 is 10.9 Å². The fraction of sp³-hybridized carbons (Fsp3) is 0.111. The van der Waals surface area contributed by atoms with Crippen LogP contribution in [-0.2, 0) is 0 Å². The van der Waals surface area contributed by atoms with Crippen molar-refractivity contribution in [3.63, 3.8) is 0 Å². The topological polar surface area (TPSA) is 97.3 Å². The van der Waals surface area contributed by atoms with Crippen LogP contribution >= 0.6 is 23.1 Å². The monoisotopic (exact) mass is 267 g/mol. The van der Waals surface area contributed by atoms with Crippen molar-refractivity contribution in [1.29, 1.82) is 0 Å². The van der Waals surface area contributed by atoms with Gasteiger partial charge in [0.05, 0.1) is 5.56 Å². The molecule has 0 aliphatic heterocycles. The first-order valence-electron chi connectivity index (χ1n) is 4.61. The zero-order valence-electron chi connectivity index (χ0n) is 8.86. The van der Waals surface area contributed by atoms with E-state index in [1.807, 2.05) is 6.92 Å². The van der Waals surface area contributed by atoms with Crippen LogP contribution in [0, 0.1) is 6.92 Å². The summed E-state index contributed by atoms with van der Waals surface area (Å²) < 4.78 is 0.771. The van der Waals surface area contributed by atoms with E-state index in [0.29, 0.717) is 10.6 Å². The Morgan fingerprint density at radius 2 is 2.35 bits per heavy atom. The van der Waals surface area contributed by atoms with Gasteiger partial charge in [-0.25, -0.2) is 4.98 Å². The first-order chi connectivity index (χ1) is 8.20. The van der Waals surface area contributed by atoms with Crippen LogP contribution in [0.3, 0.4) is 0 Å². The molecule has 0 fully saturated rings. The molecule has 2 heterocycles. The van der Waals surface area contributed by atoms with E-state index in [9.17, 15) is 0 Å². The van der Waals surface area contributed by atoms with Gasteiger partial charge in [0.2, 0.25) is 0 Å². The third-order valence-electron chi connectivity index (χ3n) is 1.85. The molecule has 17 heavy (non-hydrogen) atoms. The van der Waals surface area contributed by atoms with Gasteiger partial charge in [0.15, 0.2) is 10.2 Å². The molecule has 0 saturated heterocycles. The molecule has 0 radical (unpaired) electrons. The minimum Gasteiger partial charge on any atom is -0.409 e. The summed E-state index contributed by atoms with van der Waals surface area (Å²) in [5.74, 6) is 0.0295. The average Bonchev–Trinajstić information content (AvgIpc) is 2.74. The van der Waals surface area contributed by atoms with Crippen molar-refractivity contribution >= 4 is 28.9 Å². The van der Waals surface area contributed by atoms with Gasteiger partial charge in [0.1, 0.15) is 10.0 Å². The zero-order chi connectivity index (χ0) is 12.3. The SMILES string of the molecule is Cc1nnc(Sc2ncccc2/C(N)=N/O)s1. The number of oxime groups is 1. The van der Waals surface area contributed by atoms with Crippen LogP contribution in [0.25, 0.3) is 0 Å². The lowest BCUT2D eigenvalue weighted by atomic mass is 10.3. The third kappa shape index (κ3) is 2.71. The van der Waals surface area contributed by atoms with E-state index in [0.717, 1.165) is 9.35 Å². The van der Waals surface area contributed by atoms with Crippen LogP contribution in [0.5, 0.6) is 0 Å². The predicted molar refractivity (Wildman–Crippen MR) is 65.5 cm³/mol. The Labute approximate surface area is 106 Å². The molecule has 0 amide bonds. The molecule has 0 atom stereocenters. The molecule has 0 aliphatic rings. The van der Waals surface area contributed by atoms with Gasteiger partial charge >= 0.3 is 0 Å². The van der Waals surface area contributed by atoms with Gasteiger partial charge in [0, 0.05) is 6.20 Å². The highest BCUT2D eigenvalue weighted by atomic mass is 32.2. The molecule has 0 aliphatic carbocycles. The Kier molecular flexibility index (Phi) is 3.55. The quantitative estimate of drug-likeness (QED) is 0.378. The first-order valence-corrected chi connectivity index (χ1v) is 6.25. The van der Waals surface area contributed by atoms with E-state index in [2.05, 4.69) is 20.3 Å². The van der Waals surface area contributed by atoms with Crippen molar-refractivity contribution in [1.82, 2.24) is 15.2 Å². The minimum absolute atomic E-state index is 0.0295. The van der Waals surface area contributed by atoms with Gasteiger partial charge in [-0.3, -0.25) is 0 Å². The van der Waals surface area contributed by atoms with Crippen LogP contribution in [0.1, 0.15) is 10.6 Å². The molecule has 0 bridgehead atoms. The van der Waals surface area contributed by atoms with E-state index < -0.39 is 0 Å². The fourth-order valence-electron chi connectivity index (χ4n) is 1.12. The van der Waals surface area contributed by atoms with Crippen molar-refractivity contribution in [3.8, 4) is 0 Å². The van der Waals surface area contributed by atoms with Crippen molar-refractivity contribution in [2.24, 2.45) is 10.9 Å². The number of amidine groups is 1. The Morgan fingerprint density at radius 1 is 1.53 bits per heavy atom. The van der Waals surface area contributed by atoms with E-state index in [4.69, 9.17) is 10.9 Å². The van der Waals surface area contributed by atoms with Gasteiger partial charge in [-0.15, -0.1) is 10.2 Å². The highest BCUT2D eigenvalue weighted by molar-refractivity contribution is 8.01. The van der Waals surface area contributed by atoms with Gasteiger partial charge in [0.25, 0.3) is 0 Å². The van der Waals surface area contributed by atoms with Gasteiger partial charge in [-0.1, -0.05) is 16.5 Å². The Bertz CT molecular complexity index is 554. The highest BCUT2D eigenvalue weighted by Crippen LogP contribution is 2.30. The number of pyridine rings is 1. The molecule has 3 N–H and O–H groups in total. The molecule has 88 valence electrons. The summed E-state index contributed by atoms with van der Waals surface area (Å²) in [6.07, 6.45) is 1.64. The Hall–Kier alpha value is -1.67. The highest BCUT2D eigenvalue weighted by Gasteiger charge is 2.11. The lowest BCUT2D eigenvalue weighted by molar-refractivity contribution is 0.318. The number of rotatable bonds is 3. The molecule has 0 aromatic carbocycles. The number of nitrogens with two attached hydrogens (primary N) is 1. The summed E-state index contributed by atoms with van der Waals surface area (Å²) in [6, 6.07) is 3.46. The lowest BCUT2D eigenvalue weighted by Gasteiger charge is -2.03. The molecule has 8 heteroatoms. The standard InChI is InChI=1S/C9H9N5OS2/c1-5-12-13-9(16-5)17-8-6(7(10)14-15)3-2-4-11-8/h2-4,15H,1H3,(H2,10,14). The maximum Gasteiger partial charge on any atom is 0.180 e. The molecular formula is C9H9N5OS2. The zero-order valence-corrected chi connectivity index (χ0v) is 10.5. The molecule has 0 saturated carbocycles. The Morgan fingerprint density at radius 3 is 3.00 bits per heavy atom. The summed E-state index contributed by atoms with van der Waals surface area (Å²) in [5.41, 5.74) is 6.14. The number of aryl methyl sites for hydroxylation is 1. The van der Waals surface area contributed by atoms with Crippen LogP contribution in [0.4, 0.5) is 0 Å². The van der Waals surface area contributed by atoms with Crippen LogP contribution in [0.2, 0.25) is 0 Å². The summed E-state index contributed by atoms with van der Waals surface area (Å²) >= 11 is 2.81. The molecule has 6 nitrogen and oxygen atoms in total. The van der Waals surface area contributed by atoms with Gasteiger partial charge in [-0.2, -0.15) is 0 Å². The number of nitrogens with zero attached hydrogens (tertiary/aromatic N) is 4. The second-order valence-corrected chi connectivity index (χ2v) is 5.45. The second-order valence-electron chi connectivity index (χ2n) is 3.03. The second kappa shape index (κ2) is 5.11. The van der Waals surface area contributed by atoms with Crippen molar-refractivity contribution in [3.05, 3.63) is 28.9 Å². The molecule has 2 aromatic rings. The van der Waals surface area contributed by atoms with E-state index in [-0.39, 0.29) is 5.84 Å². The maximum absolute atomic E-state index is 8.68. The van der Waals surface area contributed by atoms with Crippen LogP contribution < -0.4 is 5.73 Å². The molecule has 2 aromatic heterocycles. The van der Waals surface area contributed by atoms with Crippen molar-refractivity contribution in [2.45, 2.75) is 16.3 Å². The normalized spacial score (nSPS) is 11.7. The van der Waals surface area contributed by atoms with E-state index >= 15 is 0 Å². The number of hydrogen-bond acceptors (Lipinski definition) is 7. The summed E-state index contributed by atoms with van der Waals surface area (Å²) in [6.45, 7) is 1.88. The lowest BCUT2D eigenvalue weighted by Crippen LogP contribution is -2.14. The molecule has 0 unspecified atom stereocenters. The van der Waals surface area contributed by atoms with Crippen molar-refractivity contribution in [2.75, 3.05) is 0 Å². The number of hydrogen-bond donors (Lipinski definition) is 2. The first kappa shape index (κ1) is 11.8. The van der Waals surface area contributed by atoms with E-state index in [1.165, 1.54) is 23.1 Å². The van der Waals surface area contributed by atoms with Crippen molar-refractivity contribution < 1.29 is 5.21 Å². The smallest absolute Gasteiger partial charge is 0.180 e. The largest absolute Gasteiger partial charge is 0.409 e. The van der Waals surface area contributed by atoms with Gasteiger partial charge in [-0.05, 0) is 30.8 Å². The van der Waals surface area contributed by atoms with E-state index in [1.54, 1.807) is 18.3 Å². The Balaban J connectivity index is 2.32.